The third-order valence-electron chi connectivity index (χ3n) is 3.00. The molecule has 0 aliphatic carbocycles. The summed E-state index contributed by atoms with van der Waals surface area (Å²) in [5.74, 6) is -8.13. The fraction of sp³-hybridized carbons (Fsp3) is 0.571. The predicted octanol–water partition coefficient (Wildman–Crippen LogP) is 6.43. The second-order valence-electron chi connectivity index (χ2n) is 5.34. The lowest BCUT2D eigenvalue weighted by Gasteiger charge is -2.32. The molecule has 34 heavy (non-hydrogen) atoms. The topological polar surface area (TPSA) is 59.1 Å². The highest BCUT2D eigenvalue weighted by Crippen LogP contribution is 2.45. The normalized spacial score (nSPS) is 12.6. The molecule has 0 rings (SSSR count). The van der Waals surface area contributed by atoms with Crippen LogP contribution in [0.4, 0.5) is 71.1 Å². The van der Waals surface area contributed by atoms with Crippen LogP contribution >= 0.6 is 0 Å². The maximum atomic E-state index is 14.4. The number of carbonyl (C=O) groups is 2. The molecule has 0 saturated heterocycles. The van der Waals surface area contributed by atoms with Crippen LogP contribution in [0.2, 0.25) is 0 Å². The number of carbonyl (C=O) groups excluding carboxylic acids is 2. The molecular formula is C14H10F14N2O4. The monoisotopic (exact) mass is 536 g/mol. The largest absolute Gasteiger partial charge is 0.448 e. The van der Waals surface area contributed by atoms with Crippen molar-refractivity contribution in [2.45, 2.75) is 38.6 Å². The third kappa shape index (κ3) is 7.54. The Morgan fingerprint density at radius 2 is 0.765 bits per heavy atom. The van der Waals surface area contributed by atoms with Crippen LogP contribution in [0.25, 0.3) is 0 Å². The van der Waals surface area contributed by atoms with Crippen molar-refractivity contribution in [2.75, 3.05) is 13.2 Å². The lowest BCUT2D eigenvalue weighted by Crippen LogP contribution is -2.50. The highest BCUT2D eigenvalue weighted by atomic mass is 19.4. The van der Waals surface area contributed by atoms with Crippen LogP contribution in [0.15, 0.2) is 23.0 Å². The molecule has 20 heteroatoms. The molecule has 0 aromatic carbocycles. The van der Waals surface area contributed by atoms with Crippen molar-refractivity contribution in [3.05, 3.63) is 23.0 Å². The molecule has 0 bridgehead atoms. The molecule has 0 heterocycles. The van der Waals surface area contributed by atoms with E-state index < -0.39 is 83.2 Å². The van der Waals surface area contributed by atoms with E-state index in [1.807, 2.05) is 0 Å². The molecular weight excluding hydrogens is 526 g/mol. The molecule has 0 spiro atoms. The quantitative estimate of drug-likeness (QED) is 0.236. The Morgan fingerprint density at radius 3 is 0.912 bits per heavy atom. The number of halogens is 14. The number of ether oxygens (including phenoxy) is 2. The van der Waals surface area contributed by atoms with Crippen LogP contribution in [0, 0.1) is 0 Å². The SMILES string of the molecule is CCOC(=O)N(C(F)=C(C(F)(F)F)C(F)(F)F)N(C(=O)OCC)C(F)=C(C(F)(F)F)C(F)(F)F. The molecule has 0 unspecified atom stereocenters. The van der Waals surface area contributed by atoms with E-state index in [-0.39, 0.29) is 0 Å². The van der Waals surface area contributed by atoms with E-state index >= 15 is 0 Å². The van der Waals surface area contributed by atoms with Crippen molar-refractivity contribution in [1.29, 1.82) is 0 Å². The minimum Gasteiger partial charge on any atom is -0.448 e. The third-order valence-corrected chi connectivity index (χ3v) is 3.00. The fourth-order valence-corrected chi connectivity index (χ4v) is 1.87. The first kappa shape index (κ1) is 31.0. The maximum absolute atomic E-state index is 14.4. The fourth-order valence-electron chi connectivity index (χ4n) is 1.87. The minimum absolute atomic E-state index is 0.740. The van der Waals surface area contributed by atoms with Crippen LogP contribution in [0.1, 0.15) is 13.8 Å². The summed E-state index contributed by atoms with van der Waals surface area (Å²) in [6.07, 6.45) is -33.2. The minimum atomic E-state index is -6.83. The lowest BCUT2D eigenvalue weighted by molar-refractivity contribution is -0.183. The van der Waals surface area contributed by atoms with Crippen LogP contribution < -0.4 is 0 Å². The smallest absolute Gasteiger partial charge is 0.436 e. The Balaban J connectivity index is 7.74. The Labute approximate surface area is 178 Å². The summed E-state index contributed by atoms with van der Waals surface area (Å²) in [5, 5.41) is -4.21. The van der Waals surface area contributed by atoms with Crippen LogP contribution in [0.5, 0.6) is 0 Å². The summed E-state index contributed by atoms with van der Waals surface area (Å²) < 4.78 is 190. The molecule has 198 valence electrons. The van der Waals surface area contributed by atoms with Gasteiger partial charge in [0.05, 0.1) is 13.2 Å². The summed E-state index contributed by atoms with van der Waals surface area (Å²) in [7, 11) is 0. The average molecular weight is 536 g/mol. The summed E-state index contributed by atoms with van der Waals surface area (Å²) >= 11 is 0. The van der Waals surface area contributed by atoms with Gasteiger partial charge in [-0.2, -0.15) is 61.5 Å². The first-order valence-corrected chi connectivity index (χ1v) is 8.05. The average Bonchev–Trinajstić information content (AvgIpc) is 2.53. The molecule has 0 atom stereocenters. The van der Waals surface area contributed by atoms with Gasteiger partial charge in [0, 0.05) is 0 Å². The zero-order chi connectivity index (χ0) is 27.4. The van der Waals surface area contributed by atoms with Gasteiger partial charge >= 0.3 is 36.9 Å². The van der Waals surface area contributed by atoms with Gasteiger partial charge in [-0.3, -0.25) is 0 Å². The van der Waals surface area contributed by atoms with Crippen molar-refractivity contribution in [3.63, 3.8) is 0 Å². The van der Waals surface area contributed by atoms with Gasteiger partial charge < -0.3 is 9.47 Å². The van der Waals surface area contributed by atoms with Crippen LogP contribution in [-0.4, -0.2) is 60.1 Å². The number of alkyl halides is 12. The molecule has 0 aromatic heterocycles. The van der Waals surface area contributed by atoms with Crippen molar-refractivity contribution in [1.82, 2.24) is 10.0 Å². The predicted molar refractivity (Wildman–Crippen MR) is 78.2 cm³/mol. The highest BCUT2D eigenvalue weighted by molar-refractivity contribution is 5.77. The summed E-state index contributed by atoms with van der Waals surface area (Å²) in [6.45, 7) is -0.736. The molecule has 0 N–H and O–H groups in total. The van der Waals surface area contributed by atoms with Gasteiger partial charge in [-0.25, -0.2) is 9.59 Å². The Morgan fingerprint density at radius 1 is 0.559 bits per heavy atom. The second kappa shape index (κ2) is 10.5. The zero-order valence-corrected chi connectivity index (χ0v) is 16.2. The molecule has 6 nitrogen and oxygen atoms in total. The van der Waals surface area contributed by atoms with E-state index in [9.17, 15) is 71.1 Å². The van der Waals surface area contributed by atoms with Crippen molar-refractivity contribution in [3.8, 4) is 0 Å². The lowest BCUT2D eigenvalue weighted by atomic mass is 10.2. The molecule has 2 amide bonds. The van der Waals surface area contributed by atoms with Gasteiger partial charge in [-0.05, 0) is 13.8 Å². The Kier molecular flexibility index (Phi) is 9.62. The number of rotatable bonds is 4. The van der Waals surface area contributed by atoms with E-state index in [4.69, 9.17) is 0 Å². The summed E-state index contributed by atoms with van der Waals surface area (Å²) in [4.78, 5) is 23.6. The maximum Gasteiger partial charge on any atom is 0.436 e. The summed E-state index contributed by atoms with van der Waals surface area (Å²) in [6, 6.07) is 0. The number of allylic oxidation sites excluding steroid dienone is 2. The number of nitrogens with zero attached hydrogens (tertiary/aromatic N) is 2. The standard InChI is InChI=1S/C14H10F14N2O4/c1-3-33-9(31)29(7(15)5(11(17,18)19)12(20,21)22)30(10(32)34-4-2)8(16)6(13(23,24)25)14(26,27)28/h3-4H2,1-2H3. The van der Waals surface area contributed by atoms with Gasteiger partial charge in [0.25, 0.3) is 0 Å². The molecule has 0 radical (unpaired) electrons. The number of hydrogen-bond donors (Lipinski definition) is 0. The van der Waals surface area contributed by atoms with E-state index in [0.717, 1.165) is 13.8 Å². The second-order valence-corrected chi connectivity index (χ2v) is 5.34. The van der Waals surface area contributed by atoms with Gasteiger partial charge in [-0.15, -0.1) is 10.0 Å². The molecule has 0 saturated carbocycles. The first-order valence-electron chi connectivity index (χ1n) is 8.05. The van der Waals surface area contributed by atoms with E-state index in [2.05, 4.69) is 9.47 Å². The van der Waals surface area contributed by atoms with E-state index in [1.54, 1.807) is 0 Å². The van der Waals surface area contributed by atoms with Crippen molar-refractivity contribution < 1.29 is 80.5 Å². The van der Waals surface area contributed by atoms with Crippen molar-refractivity contribution in [2.24, 2.45) is 0 Å². The number of hydrogen-bond acceptors (Lipinski definition) is 4. The van der Waals surface area contributed by atoms with Gasteiger partial charge in [-0.1, -0.05) is 0 Å². The first-order chi connectivity index (χ1) is 15.0. The highest BCUT2D eigenvalue weighted by Gasteiger charge is 2.59. The number of hydrazine groups is 1. The van der Waals surface area contributed by atoms with Gasteiger partial charge in [0.2, 0.25) is 11.9 Å². The van der Waals surface area contributed by atoms with Crippen molar-refractivity contribution >= 4 is 12.2 Å². The Hall–Kier alpha value is -2.96. The van der Waals surface area contributed by atoms with E-state index in [1.165, 1.54) is 0 Å². The summed E-state index contributed by atoms with van der Waals surface area (Å²) in [5.41, 5.74) is -8.70. The van der Waals surface area contributed by atoms with Crippen LogP contribution in [0.3, 0.4) is 0 Å². The molecule has 0 aliphatic rings. The van der Waals surface area contributed by atoms with Gasteiger partial charge in [0.15, 0.2) is 11.1 Å². The molecule has 0 aromatic rings. The van der Waals surface area contributed by atoms with E-state index in [0.29, 0.717) is 0 Å². The molecule has 0 fully saturated rings. The number of amides is 2. The zero-order valence-electron chi connectivity index (χ0n) is 16.2. The van der Waals surface area contributed by atoms with Gasteiger partial charge in [0.1, 0.15) is 0 Å². The Bertz CT molecular complexity index is 722. The van der Waals surface area contributed by atoms with Crippen LogP contribution in [-0.2, 0) is 9.47 Å². The molecule has 0 aliphatic heterocycles.